The number of ether oxygens (including phenoxy) is 1. The summed E-state index contributed by atoms with van der Waals surface area (Å²) in [4.78, 5) is 34.2. The molecule has 0 atom stereocenters. The number of hydrogen-bond acceptors (Lipinski definition) is 8. The minimum Gasteiger partial charge on any atom is -0.441 e. The van der Waals surface area contributed by atoms with Gasteiger partial charge in [-0.1, -0.05) is 6.58 Å². The molecule has 4 N–H and O–H groups in total. The van der Waals surface area contributed by atoms with Crippen LogP contribution in [0.25, 0.3) is 11.0 Å². The standard InChI is InChI=1S/C30H31FN8O2/c1-3-27(40)39-12-8-20(9-13-39)23-17-35-29-28(23)30(37-18-36-29)38-25-5-4-22(15-24(25)31)41-26(32)7-10-33-16-21-14-19(2)6-11-34-21/h3-7,10-11,14-15,17-18,20H,1,8-9,12-13,16,32H2,2H3,(H2,35,36,37,38)/b26-7+,33-10?. The summed E-state index contributed by atoms with van der Waals surface area (Å²) in [5.41, 5.74) is 9.81. The molecule has 1 saturated heterocycles. The predicted octanol–water partition coefficient (Wildman–Crippen LogP) is 4.89. The van der Waals surface area contributed by atoms with Gasteiger partial charge in [0.05, 0.1) is 23.3 Å². The number of likely N-dealkylation sites (tertiary alicyclic amines) is 1. The third-order valence-electron chi connectivity index (χ3n) is 6.92. The van der Waals surface area contributed by atoms with Crippen molar-refractivity contribution in [3.8, 4) is 5.75 Å². The zero-order chi connectivity index (χ0) is 28.8. The summed E-state index contributed by atoms with van der Waals surface area (Å²) in [7, 11) is 0. The summed E-state index contributed by atoms with van der Waals surface area (Å²) in [5, 5.41) is 3.91. The first-order valence-electron chi connectivity index (χ1n) is 13.3. The van der Waals surface area contributed by atoms with Gasteiger partial charge < -0.3 is 25.7 Å². The van der Waals surface area contributed by atoms with Crippen molar-refractivity contribution in [2.75, 3.05) is 18.4 Å². The lowest BCUT2D eigenvalue weighted by Gasteiger charge is -2.31. The second-order valence-corrected chi connectivity index (χ2v) is 9.75. The molecule has 4 aromatic rings. The van der Waals surface area contributed by atoms with Gasteiger partial charge in [0.25, 0.3) is 0 Å². The Morgan fingerprint density at radius 3 is 2.85 bits per heavy atom. The number of halogens is 1. The van der Waals surface area contributed by atoms with E-state index in [1.165, 1.54) is 30.8 Å². The van der Waals surface area contributed by atoms with Crippen LogP contribution in [0.2, 0.25) is 0 Å². The van der Waals surface area contributed by atoms with Crippen molar-refractivity contribution in [2.24, 2.45) is 10.7 Å². The van der Waals surface area contributed by atoms with Gasteiger partial charge in [-0.05, 0) is 67.2 Å². The van der Waals surface area contributed by atoms with Crippen molar-refractivity contribution in [3.05, 3.63) is 96.3 Å². The monoisotopic (exact) mass is 554 g/mol. The van der Waals surface area contributed by atoms with Gasteiger partial charge in [-0.3, -0.25) is 14.8 Å². The number of rotatable bonds is 9. The largest absolute Gasteiger partial charge is 0.441 e. The number of nitrogens with two attached hydrogens (primary N) is 1. The van der Waals surface area contributed by atoms with Crippen molar-refractivity contribution in [1.82, 2.24) is 24.8 Å². The zero-order valence-electron chi connectivity index (χ0n) is 22.7. The van der Waals surface area contributed by atoms with Crippen LogP contribution in [0.1, 0.15) is 35.6 Å². The number of aromatic nitrogens is 4. The van der Waals surface area contributed by atoms with E-state index in [9.17, 15) is 4.79 Å². The Morgan fingerprint density at radius 2 is 2.10 bits per heavy atom. The van der Waals surface area contributed by atoms with Crippen LogP contribution in [0.4, 0.5) is 15.9 Å². The number of nitrogens with zero attached hydrogens (tertiary/aromatic N) is 5. The number of carbonyl (C=O) groups is 1. The number of allylic oxidation sites excluding steroid dienone is 1. The van der Waals surface area contributed by atoms with Crippen molar-refractivity contribution in [3.63, 3.8) is 0 Å². The number of aryl methyl sites for hydroxylation is 1. The number of anilines is 2. The highest BCUT2D eigenvalue weighted by molar-refractivity contribution is 5.92. The van der Waals surface area contributed by atoms with Gasteiger partial charge in [0, 0.05) is 43.8 Å². The molecule has 0 unspecified atom stereocenters. The highest BCUT2D eigenvalue weighted by Gasteiger charge is 2.26. The van der Waals surface area contributed by atoms with Crippen LogP contribution in [0.15, 0.2) is 78.7 Å². The molecule has 1 amide bonds. The molecule has 1 fully saturated rings. The first-order valence-corrected chi connectivity index (χ1v) is 13.3. The molecule has 1 aliphatic rings. The lowest BCUT2D eigenvalue weighted by atomic mass is 9.89. The molecule has 0 aliphatic carbocycles. The van der Waals surface area contributed by atoms with E-state index in [2.05, 4.69) is 36.8 Å². The molecule has 0 spiro atoms. The molecule has 41 heavy (non-hydrogen) atoms. The van der Waals surface area contributed by atoms with E-state index in [0.717, 1.165) is 35.0 Å². The van der Waals surface area contributed by atoms with E-state index in [0.29, 0.717) is 31.1 Å². The van der Waals surface area contributed by atoms with Gasteiger partial charge in [-0.2, -0.15) is 0 Å². The van der Waals surface area contributed by atoms with E-state index < -0.39 is 5.82 Å². The maximum absolute atomic E-state index is 15.1. The summed E-state index contributed by atoms with van der Waals surface area (Å²) in [6.45, 7) is 7.26. The number of hydrogen-bond donors (Lipinski definition) is 3. The summed E-state index contributed by atoms with van der Waals surface area (Å²) in [5.74, 6) is 0.415. The number of nitrogens with one attached hydrogen (secondary N) is 2. The SMILES string of the molecule is C=CC(=O)N1CCC(c2c[nH]c3ncnc(Nc4ccc(O/C(N)=C/C=NCc5cc(C)ccn5)cc4F)c23)CC1. The summed E-state index contributed by atoms with van der Waals surface area (Å²) in [6, 6.07) is 8.31. The summed E-state index contributed by atoms with van der Waals surface area (Å²) < 4.78 is 20.7. The second-order valence-electron chi connectivity index (χ2n) is 9.75. The van der Waals surface area contributed by atoms with Crippen molar-refractivity contribution >= 4 is 34.7 Å². The molecule has 11 heteroatoms. The van der Waals surface area contributed by atoms with E-state index >= 15 is 4.39 Å². The Balaban J connectivity index is 1.26. The van der Waals surface area contributed by atoms with E-state index in [-0.39, 0.29) is 29.1 Å². The fourth-order valence-corrected chi connectivity index (χ4v) is 4.86. The van der Waals surface area contributed by atoms with Crippen LogP contribution in [-0.2, 0) is 11.3 Å². The molecule has 10 nitrogen and oxygen atoms in total. The number of aromatic amines is 1. The van der Waals surface area contributed by atoms with Crippen LogP contribution >= 0.6 is 0 Å². The molecular formula is C30H31FN8O2. The lowest BCUT2D eigenvalue weighted by Crippen LogP contribution is -2.36. The average Bonchev–Trinajstić information content (AvgIpc) is 3.42. The first-order chi connectivity index (χ1) is 19.9. The topological polar surface area (TPSA) is 134 Å². The van der Waals surface area contributed by atoms with Crippen LogP contribution in [0.3, 0.4) is 0 Å². The number of carbonyl (C=O) groups excluding carboxylic acids is 1. The van der Waals surface area contributed by atoms with E-state index in [1.807, 2.05) is 25.3 Å². The van der Waals surface area contributed by atoms with Crippen molar-refractivity contribution in [1.29, 1.82) is 0 Å². The van der Waals surface area contributed by atoms with Crippen LogP contribution in [0.5, 0.6) is 5.75 Å². The molecular weight excluding hydrogens is 523 g/mol. The Morgan fingerprint density at radius 1 is 1.27 bits per heavy atom. The molecule has 1 aromatic carbocycles. The van der Waals surface area contributed by atoms with Gasteiger partial charge in [0.1, 0.15) is 29.4 Å². The van der Waals surface area contributed by atoms with Gasteiger partial charge in [-0.25, -0.2) is 14.4 Å². The Kier molecular flexibility index (Phi) is 8.33. The van der Waals surface area contributed by atoms with E-state index in [1.54, 1.807) is 23.2 Å². The molecule has 0 radical (unpaired) electrons. The number of pyridine rings is 1. The zero-order valence-corrected chi connectivity index (χ0v) is 22.7. The van der Waals surface area contributed by atoms with Gasteiger partial charge in [-0.15, -0.1) is 0 Å². The molecule has 1 aliphatic heterocycles. The fraction of sp³-hybridized carbons (Fsp3) is 0.233. The number of fused-ring (bicyclic) bond motifs is 1. The molecule has 5 rings (SSSR count). The maximum Gasteiger partial charge on any atom is 0.245 e. The average molecular weight is 555 g/mol. The number of amides is 1. The van der Waals surface area contributed by atoms with Gasteiger partial charge in [0.2, 0.25) is 5.91 Å². The van der Waals surface area contributed by atoms with Gasteiger partial charge >= 0.3 is 0 Å². The quantitative estimate of drug-likeness (QED) is 0.152. The van der Waals surface area contributed by atoms with Crippen LogP contribution in [0, 0.1) is 12.7 Å². The lowest BCUT2D eigenvalue weighted by molar-refractivity contribution is -0.127. The highest BCUT2D eigenvalue weighted by atomic mass is 19.1. The van der Waals surface area contributed by atoms with Gasteiger partial charge in [0.15, 0.2) is 5.88 Å². The highest BCUT2D eigenvalue weighted by Crippen LogP contribution is 2.36. The minimum atomic E-state index is -0.533. The Bertz CT molecular complexity index is 1620. The molecule has 210 valence electrons. The number of aliphatic imine (C=N–C) groups is 1. The number of H-pyrrole nitrogens is 1. The number of piperidine rings is 1. The summed E-state index contributed by atoms with van der Waals surface area (Å²) in [6.07, 6.45) is 11.1. The van der Waals surface area contributed by atoms with Crippen molar-refractivity contribution < 1.29 is 13.9 Å². The third kappa shape index (κ3) is 6.57. The van der Waals surface area contributed by atoms with E-state index in [4.69, 9.17) is 10.5 Å². The van der Waals surface area contributed by atoms with Crippen LogP contribution < -0.4 is 15.8 Å². The minimum absolute atomic E-state index is 0.0583. The molecule has 3 aromatic heterocycles. The maximum atomic E-state index is 15.1. The number of benzene rings is 1. The van der Waals surface area contributed by atoms with Crippen molar-refractivity contribution in [2.45, 2.75) is 32.2 Å². The normalized spacial score (nSPS) is 14.5. The second kappa shape index (κ2) is 12.4. The summed E-state index contributed by atoms with van der Waals surface area (Å²) >= 11 is 0. The first kappa shape index (κ1) is 27.5. The third-order valence-corrected chi connectivity index (χ3v) is 6.92. The molecule has 0 saturated carbocycles. The Labute approximate surface area is 236 Å². The van der Waals surface area contributed by atoms with Crippen LogP contribution in [-0.4, -0.2) is 50.0 Å². The fourth-order valence-electron chi connectivity index (χ4n) is 4.86. The predicted molar refractivity (Wildman–Crippen MR) is 156 cm³/mol. The molecule has 4 heterocycles. The Hall–Kier alpha value is -5.06. The smallest absolute Gasteiger partial charge is 0.245 e. The molecule has 0 bridgehead atoms.